The maximum absolute atomic E-state index is 14.1. The Kier molecular flexibility index (Phi) is 9.74. The summed E-state index contributed by atoms with van der Waals surface area (Å²) in [6.07, 6.45) is 8.63. The Balaban J connectivity index is 1.58. The molecule has 2 N–H and O–H groups in total. The number of aryl methyl sites for hydroxylation is 1. The number of rotatable bonds is 10. The fourth-order valence-electron chi connectivity index (χ4n) is 5.87. The molecule has 3 amide bonds. The highest BCUT2D eigenvalue weighted by molar-refractivity contribution is 5.94. The number of carbonyl (C=O) groups excluding carboxylic acids is 3. The lowest BCUT2D eigenvalue weighted by Crippen LogP contribution is -2.59. The molecule has 0 bridgehead atoms. The van der Waals surface area contributed by atoms with Gasteiger partial charge in [-0.2, -0.15) is 0 Å². The summed E-state index contributed by atoms with van der Waals surface area (Å²) in [5.74, 6) is -0.279. The molecule has 1 aliphatic heterocycles. The van der Waals surface area contributed by atoms with E-state index in [1.807, 2.05) is 66.5 Å². The van der Waals surface area contributed by atoms with Crippen LogP contribution in [-0.4, -0.2) is 76.9 Å². The number of nitrogens with zero attached hydrogens (tertiary/aromatic N) is 3. The van der Waals surface area contributed by atoms with E-state index >= 15 is 0 Å². The van der Waals surface area contributed by atoms with Crippen molar-refractivity contribution in [1.82, 2.24) is 25.0 Å². The number of nitrogens with one attached hydrogen (secondary N) is 2. The summed E-state index contributed by atoms with van der Waals surface area (Å²) in [4.78, 5) is 44.8. The van der Waals surface area contributed by atoms with Crippen LogP contribution in [0.3, 0.4) is 0 Å². The van der Waals surface area contributed by atoms with Crippen LogP contribution in [0, 0.1) is 5.41 Å². The Hall–Kier alpha value is -3.39. The molecule has 8 heteroatoms. The van der Waals surface area contributed by atoms with Crippen LogP contribution in [0.5, 0.6) is 0 Å². The summed E-state index contributed by atoms with van der Waals surface area (Å²) in [5.41, 5.74) is 3.70. The van der Waals surface area contributed by atoms with E-state index in [-0.39, 0.29) is 23.8 Å². The summed E-state index contributed by atoms with van der Waals surface area (Å²) in [5, 5.41) is 5.96. The summed E-state index contributed by atoms with van der Waals surface area (Å²) < 4.78 is 2.01. The first kappa shape index (κ1) is 30.6. The Bertz CT molecular complexity index is 1260. The maximum atomic E-state index is 14.1. The predicted molar refractivity (Wildman–Crippen MR) is 163 cm³/mol. The second-order valence-electron chi connectivity index (χ2n) is 12.6. The van der Waals surface area contributed by atoms with Gasteiger partial charge in [-0.3, -0.25) is 14.4 Å². The van der Waals surface area contributed by atoms with Gasteiger partial charge >= 0.3 is 0 Å². The third-order valence-electron chi connectivity index (χ3n) is 8.56. The van der Waals surface area contributed by atoms with Gasteiger partial charge in [-0.05, 0) is 74.8 Å². The Morgan fingerprint density at radius 3 is 2.54 bits per heavy atom. The van der Waals surface area contributed by atoms with E-state index in [2.05, 4.69) is 34.9 Å². The van der Waals surface area contributed by atoms with Crippen molar-refractivity contribution in [2.75, 3.05) is 26.7 Å². The van der Waals surface area contributed by atoms with E-state index in [9.17, 15) is 14.4 Å². The van der Waals surface area contributed by atoms with E-state index in [4.69, 9.17) is 0 Å². The number of benzene rings is 1. The molecule has 4 rings (SSSR count). The van der Waals surface area contributed by atoms with Crippen LogP contribution in [0.1, 0.15) is 74.3 Å². The van der Waals surface area contributed by atoms with Gasteiger partial charge in [0.2, 0.25) is 11.8 Å². The average Bonchev–Trinajstić information content (AvgIpc) is 3.56. The lowest BCUT2D eigenvalue weighted by molar-refractivity contribution is -0.140. The van der Waals surface area contributed by atoms with Crippen LogP contribution in [0.2, 0.25) is 0 Å². The lowest BCUT2D eigenvalue weighted by Gasteiger charge is -2.37. The minimum Gasteiger partial charge on any atom is -0.342 e. The molecule has 8 nitrogen and oxygen atoms in total. The van der Waals surface area contributed by atoms with Crippen LogP contribution in [-0.2, 0) is 29.5 Å². The molecule has 1 aromatic heterocycles. The largest absolute Gasteiger partial charge is 0.342 e. The second-order valence-corrected chi connectivity index (χ2v) is 12.6. The van der Waals surface area contributed by atoms with Crippen molar-refractivity contribution in [2.45, 2.75) is 77.9 Å². The molecule has 3 atom stereocenters. The number of likely N-dealkylation sites (N-methyl/N-ethyl adjacent to an activating group) is 1. The van der Waals surface area contributed by atoms with Gasteiger partial charge in [-0.25, -0.2) is 0 Å². The van der Waals surface area contributed by atoms with Gasteiger partial charge in [0.25, 0.3) is 5.91 Å². The highest BCUT2D eigenvalue weighted by atomic mass is 16.2. The molecule has 0 saturated carbocycles. The number of carbonyl (C=O) groups is 3. The van der Waals surface area contributed by atoms with Crippen molar-refractivity contribution in [3.8, 4) is 0 Å². The van der Waals surface area contributed by atoms with Gasteiger partial charge in [-0.15, -0.1) is 0 Å². The number of amides is 3. The molecular formula is C33H47N5O3. The molecule has 2 aliphatic rings. The third-order valence-corrected chi connectivity index (χ3v) is 8.56. The Morgan fingerprint density at radius 1 is 1.15 bits per heavy atom. The van der Waals surface area contributed by atoms with Gasteiger partial charge in [-0.1, -0.05) is 57.2 Å². The van der Waals surface area contributed by atoms with Crippen molar-refractivity contribution in [1.29, 1.82) is 0 Å². The van der Waals surface area contributed by atoms with E-state index in [1.165, 1.54) is 11.1 Å². The van der Waals surface area contributed by atoms with Crippen LogP contribution >= 0.6 is 0 Å². The average molecular weight is 562 g/mol. The first-order chi connectivity index (χ1) is 19.5. The molecule has 1 aromatic carbocycles. The molecule has 222 valence electrons. The summed E-state index contributed by atoms with van der Waals surface area (Å²) in [7, 11) is 3.69. The fourth-order valence-corrected chi connectivity index (χ4v) is 5.87. The summed E-state index contributed by atoms with van der Waals surface area (Å²) >= 11 is 0. The highest BCUT2D eigenvalue weighted by Gasteiger charge is 2.41. The molecular weight excluding hydrogens is 514 g/mol. The quantitative estimate of drug-likeness (QED) is 0.462. The minimum atomic E-state index is -0.661. The number of likely N-dealkylation sites (tertiary alicyclic amines) is 1. The second kappa shape index (κ2) is 13.1. The van der Waals surface area contributed by atoms with E-state index in [0.29, 0.717) is 25.3 Å². The standard InChI is InChI=1S/C33H47N5O3/c1-23(34-5)30(39)35-29(33(2,3)4)32(41)38-19-12-16-26(38)22-37(20-18-24-13-8-7-9-14-24)31(40)28-21-25-15-10-11-17-27(25)36(28)6/h7-9,11,13-14,17,21,23,26,29,34H,10,12,15-16,18-20,22H2,1-6H3,(H,35,39)/t23-,26-,29+/m0/s1. The topological polar surface area (TPSA) is 86.7 Å². The van der Waals surface area contributed by atoms with Gasteiger partial charge < -0.3 is 25.0 Å². The van der Waals surface area contributed by atoms with Crippen molar-refractivity contribution < 1.29 is 14.4 Å². The number of fused-ring (bicyclic) bond motifs is 1. The van der Waals surface area contributed by atoms with Gasteiger partial charge in [0.15, 0.2) is 0 Å². The molecule has 1 fully saturated rings. The lowest BCUT2D eigenvalue weighted by atomic mass is 9.85. The molecule has 2 heterocycles. The van der Waals surface area contributed by atoms with Crippen molar-refractivity contribution >= 4 is 23.8 Å². The molecule has 0 spiro atoms. The zero-order chi connectivity index (χ0) is 29.7. The SMILES string of the molecule is CN[C@@H](C)C(=O)N[C@H](C(=O)N1CCC[C@H]1CN(CCc1ccccc1)C(=O)c1cc2c(n1C)C=CCC2)C(C)(C)C. The maximum Gasteiger partial charge on any atom is 0.270 e. The normalized spacial score (nSPS) is 18.1. The summed E-state index contributed by atoms with van der Waals surface area (Å²) in [6.45, 7) is 9.36. The smallest absolute Gasteiger partial charge is 0.270 e. The van der Waals surface area contributed by atoms with Gasteiger partial charge in [0, 0.05) is 38.4 Å². The van der Waals surface area contributed by atoms with Crippen molar-refractivity contribution in [2.24, 2.45) is 12.5 Å². The minimum absolute atomic E-state index is 0.00551. The monoisotopic (exact) mass is 561 g/mol. The molecule has 1 saturated heterocycles. The number of allylic oxidation sites excluding steroid dienone is 1. The van der Waals surface area contributed by atoms with Crippen LogP contribution in [0.15, 0.2) is 42.5 Å². The Morgan fingerprint density at radius 2 is 1.88 bits per heavy atom. The molecule has 1 aliphatic carbocycles. The Labute approximate surface area is 245 Å². The fraction of sp³-hybridized carbons (Fsp3) is 0.545. The van der Waals surface area contributed by atoms with Crippen LogP contribution < -0.4 is 10.6 Å². The first-order valence-corrected chi connectivity index (χ1v) is 15.0. The van der Waals surface area contributed by atoms with Crippen LogP contribution in [0.25, 0.3) is 6.08 Å². The van der Waals surface area contributed by atoms with Gasteiger partial charge in [0.1, 0.15) is 11.7 Å². The molecule has 0 radical (unpaired) electrons. The number of aromatic nitrogens is 1. The molecule has 2 aromatic rings. The third kappa shape index (κ3) is 7.10. The zero-order valence-electron chi connectivity index (χ0n) is 25.6. The predicted octanol–water partition coefficient (Wildman–Crippen LogP) is 3.80. The van der Waals surface area contributed by atoms with Crippen molar-refractivity contribution in [3.05, 3.63) is 65.0 Å². The number of hydrogen-bond acceptors (Lipinski definition) is 4. The summed E-state index contributed by atoms with van der Waals surface area (Å²) in [6, 6.07) is 11.1. The van der Waals surface area contributed by atoms with Gasteiger partial charge in [0.05, 0.1) is 6.04 Å². The van der Waals surface area contributed by atoms with Crippen LogP contribution in [0.4, 0.5) is 0 Å². The van der Waals surface area contributed by atoms with E-state index < -0.39 is 17.5 Å². The number of hydrogen-bond donors (Lipinski definition) is 2. The first-order valence-electron chi connectivity index (χ1n) is 15.0. The van der Waals surface area contributed by atoms with Crippen molar-refractivity contribution in [3.63, 3.8) is 0 Å². The zero-order valence-corrected chi connectivity index (χ0v) is 25.6. The van der Waals surface area contributed by atoms with E-state index in [0.717, 1.165) is 37.8 Å². The molecule has 41 heavy (non-hydrogen) atoms. The highest BCUT2D eigenvalue weighted by Crippen LogP contribution is 2.28. The molecule has 0 unspecified atom stereocenters. The van der Waals surface area contributed by atoms with E-state index in [1.54, 1.807) is 14.0 Å².